The van der Waals surface area contributed by atoms with E-state index in [1.165, 1.54) is 0 Å². The van der Waals surface area contributed by atoms with Crippen LogP contribution in [0.15, 0.2) is 18.2 Å². The lowest BCUT2D eigenvalue weighted by atomic mass is 10.1. The van der Waals surface area contributed by atoms with Crippen molar-refractivity contribution < 1.29 is 4.74 Å². The number of fused-ring (bicyclic) bond motifs is 1. The second kappa shape index (κ2) is 4.78. The molecule has 18 heavy (non-hydrogen) atoms. The predicted molar refractivity (Wildman–Crippen MR) is 74.9 cm³/mol. The van der Waals surface area contributed by atoms with Crippen molar-refractivity contribution >= 4 is 28.6 Å². The third-order valence-corrected chi connectivity index (χ3v) is 3.13. The van der Waals surface area contributed by atoms with Crippen molar-refractivity contribution in [1.29, 1.82) is 0 Å². The Morgan fingerprint density at radius 1 is 1.44 bits per heavy atom. The summed E-state index contributed by atoms with van der Waals surface area (Å²) in [6, 6.07) is 5.62. The molecule has 98 valence electrons. The molecule has 2 N–H and O–H groups in total. The van der Waals surface area contributed by atoms with Crippen LogP contribution in [0.1, 0.15) is 20.8 Å². The summed E-state index contributed by atoms with van der Waals surface area (Å²) in [5.41, 5.74) is 7.33. The van der Waals surface area contributed by atoms with Gasteiger partial charge in [-0.3, -0.25) is 0 Å². The minimum Gasteiger partial charge on any atom is -0.374 e. The van der Waals surface area contributed by atoms with E-state index < -0.39 is 0 Å². The van der Waals surface area contributed by atoms with Crippen molar-refractivity contribution in [2.45, 2.75) is 32.9 Å². The van der Waals surface area contributed by atoms with Crippen LogP contribution in [0.3, 0.4) is 0 Å². The number of aromatic nitrogens is 2. The molecule has 0 aliphatic heterocycles. The van der Waals surface area contributed by atoms with Gasteiger partial charge in [-0.1, -0.05) is 17.7 Å². The number of nitrogen functional groups attached to an aromatic ring is 1. The largest absolute Gasteiger partial charge is 0.374 e. The van der Waals surface area contributed by atoms with E-state index in [4.69, 9.17) is 22.1 Å². The molecule has 5 heteroatoms. The molecule has 1 aromatic carbocycles. The van der Waals surface area contributed by atoms with Crippen molar-refractivity contribution in [1.82, 2.24) is 9.55 Å². The highest BCUT2D eigenvalue weighted by atomic mass is 35.5. The van der Waals surface area contributed by atoms with Gasteiger partial charge in [-0.25, -0.2) is 4.98 Å². The SMILES string of the molecule is CCOC(C)(C)Cn1c(N)nc2cccc(Cl)c21. The van der Waals surface area contributed by atoms with Crippen molar-refractivity contribution in [2.75, 3.05) is 12.3 Å². The molecule has 4 nitrogen and oxygen atoms in total. The molecule has 0 saturated heterocycles. The molecule has 0 unspecified atom stereocenters. The maximum Gasteiger partial charge on any atom is 0.201 e. The maximum absolute atomic E-state index is 6.22. The van der Waals surface area contributed by atoms with Crippen molar-refractivity contribution in [3.63, 3.8) is 0 Å². The van der Waals surface area contributed by atoms with Gasteiger partial charge in [0.25, 0.3) is 0 Å². The molecular formula is C13H18ClN3O. The van der Waals surface area contributed by atoms with E-state index in [9.17, 15) is 0 Å². The molecule has 0 aliphatic rings. The van der Waals surface area contributed by atoms with Crippen LogP contribution < -0.4 is 5.73 Å². The van der Waals surface area contributed by atoms with Crippen LogP contribution in [0.2, 0.25) is 5.02 Å². The molecule has 0 amide bonds. The van der Waals surface area contributed by atoms with Crippen molar-refractivity contribution in [3.05, 3.63) is 23.2 Å². The van der Waals surface area contributed by atoms with Crippen LogP contribution in [-0.4, -0.2) is 21.8 Å². The number of hydrogen-bond acceptors (Lipinski definition) is 3. The first-order valence-corrected chi connectivity index (χ1v) is 6.36. The zero-order chi connectivity index (χ0) is 13.3. The summed E-state index contributed by atoms with van der Waals surface area (Å²) in [7, 11) is 0. The van der Waals surface area contributed by atoms with Gasteiger partial charge >= 0.3 is 0 Å². The van der Waals surface area contributed by atoms with Gasteiger partial charge in [0.1, 0.15) is 0 Å². The van der Waals surface area contributed by atoms with Gasteiger partial charge in [0.2, 0.25) is 5.95 Å². The van der Waals surface area contributed by atoms with Gasteiger partial charge in [-0.2, -0.15) is 0 Å². The summed E-state index contributed by atoms with van der Waals surface area (Å²) in [4.78, 5) is 4.32. The zero-order valence-electron chi connectivity index (χ0n) is 10.9. The highest BCUT2D eigenvalue weighted by Gasteiger charge is 2.22. The Bertz CT molecular complexity index is 563. The molecule has 0 spiro atoms. The third kappa shape index (κ3) is 2.44. The van der Waals surface area contributed by atoms with Crippen LogP contribution in [0, 0.1) is 0 Å². The number of benzene rings is 1. The average Bonchev–Trinajstić information content (AvgIpc) is 2.56. The molecule has 0 aliphatic carbocycles. The topological polar surface area (TPSA) is 53.1 Å². The minimum absolute atomic E-state index is 0.310. The summed E-state index contributed by atoms with van der Waals surface area (Å²) in [6.45, 7) is 7.31. The Hall–Kier alpha value is -1.26. The molecule has 0 radical (unpaired) electrons. The lowest BCUT2D eigenvalue weighted by Gasteiger charge is -2.26. The molecular weight excluding hydrogens is 250 g/mol. The summed E-state index contributed by atoms with van der Waals surface area (Å²) >= 11 is 6.22. The monoisotopic (exact) mass is 267 g/mol. The van der Waals surface area contributed by atoms with Crippen LogP contribution in [0.4, 0.5) is 5.95 Å². The summed E-state index contributed by atoms with van der Waals surface area (Å²) in [6.07, 6.45) is 0. The van der Waals surface area contributed by atoms with E-state index in [2.05, 4.69) is 4.98 Å². The summed E-state index contributed by atoms with van der Waals surface area (Å²) in [5, 5.41) is 0.656. The van der Waals surface area contributed by atoms with E-state index in [-0.39, 0.29) is 5.60 Å². The smallest absolute Gasteiger partial charge is 0.201 e. The summed E-state index contributed by atoms with van der Waals surface area (Å²) < 4.78 is 7.61. The molecule has 0 saturated carbocycles. The second-order valence-corrected chi connectivity index (χ2v) is 5.26. The number of hydrogen-bond donors (Lipinski definition) is 1. The minimum atomic E-state index is -0.310. The fourth-order valence-corrected chi connectivity index (χ4v) is 2.41. The first-order valence-electron chi connectivity index (χ1n) is 5.99. The molecule has 2 aromatic rings. The Morgan fingerprint density at radius 2 is 2.17 bits per heavy atom. The molecule has 0 atom stereocenters. The Balaban J connectivity index is 2.47. The van der Waals surface area contributed by atoms with Crippen LogP contribution in [-0.2, 0) is 11.3 Å². The Morgan fingerprint density at radius 3 is 2.83 bits per heavy atom. The molecule has 0 fully saturated rings. The van der Waals surface area contributed by atoms with Crippen LogP contribution in [0.5, 0.6) is 0 Å². The molecule has 1 heterocycles. The van der Waals surface area contributed by atoms with Gasteiger partial charge < -0.3 is 15.0 Å². The normalized spacial score (nSPS) is 12.2. The van der Waals surface area contributed by atoms with Gasteiger partial charge in [-0.05, 0) is 32.9 Å². The number of anilines is 1. The number of imidazole rings is 1. The first-order chi connectivity index (χ1) is 8.44. The average molecular weight is 268 g/mol. The first kappa shape index (κ1) is 13.2. The number of para-hydroxylation sites is 1. The summed E-state index contributed by atoms with van der Waals surface area (Å²) in [5.74, 6) is 0.464. The van der Waals surface area contributed by atoms with Crippen LogP contribution >= 0.6 is 11.6 Å². The molecule has 0 bridgehead atoms. The third-order valence-electron chi connectivity index (χ3n) is 2.82. The fourth-order valence-electron chi connectivity index (χ4n) is 2.14. The number of rotatable bonds is 4. The van der Waals surface area contributed by atoms with E-state index >= 15 is 0 Å². The van der Waals surface area contributed by atoms with Gasteiger partial charge in [0.05, 0.1) is 28.2 Å². The fraction of sp³-hybridized carbons (Fsp3) is 0.462. The Labute approximate surface area is 112 Å². The zero-order valence-corrected chi connectivity index (χ0v) is 11.7. The van der Waals surface area contributed by atoms with E-state index in [1.807, 2.05) is 43.5 Å². The van der Waals surface area contributed by atoms with Gasteiger partial charge in [-0.15, -0.1) is 0 Å². The van der Waals surface area contributed by atoms with E-state index in [0.717, 1.165) is 11.0 Å². The van der Waals surface area contributed by atoms with Gasteiger partial charge in [0, 0.05) is 6.61 Å². The van der Waals surface area contributed by atoms with E-state index in [1.54, 1.807) is 0 Å². The standard InChI is InChI=1S/C13H18ClN3O/c1-4-18-13(2,3)8-17-11-9(14)6-5-7-10(11)16-12(17)15/h5-7H,4,8H2,1-3H3,(H2,15,16). The number of ether oxygens (including phenoxy) is 1. The second-order valence-electron chi connectivity index (χ2n) is 4.86. The number of nitrogens with two attached hydrogens (primary N) is 1. The lowest BCUT2D eigenvalue weighted by molar-refractivity contribution is -0.0212. The lowest BCUT2D eigenvalue weighted by Crippen LogP contribution is -2.31. The number of nitrogens with zero attached hydrogens (tertiary/aromatic N) is 2. The quantitative estimate of drug-likeness (QED) is 0.926. The van der Waals surface area contributed by atoms with Crippen molar-refractivity contribution in [2.24, 2.45) is 0 Å². The highest BCUT2D eigenvalue weighted by molar-refractivity contribution is 6.35. The number of halogens is 1. The highest BCUT2D eigenvalue weighted by Crippen LogP contribution is 2.27. The molecule has 2 rings (SSSR count). The van der Waals surface area contributed by atoms with E-state index in [0.29, 0.717) is 24.1 Å². The van der Waals surface area contributed by atoms with Crippen molar-refractivity contribution in [3.8, 4) is 0 Å². The molecule has 1 aromatic heterocycles. The van der Waals surface area contributed by atoms with Crippen LogP contribution in [0.25, 0.3) is 11.0 Å². The predicted octanol–water partition coefficient (Wildman–Crippen LogP) is 3.09. The Kier molecular flexibility index (Phi) is 3.50. The van der Waals surface area contributed by atoms with Gasteiger partial charge in [0.15, 0.2) is 0 Å². The maximum atomic E-state index is 6.22.